The van der Waals surface area contributed by atoms with Crippen LogP contribution in [0.15, 0.2) is 6.07 Å². The van der Waals surface area contributed by atoms with E-state index in [2.05, 4.69) is 9.72 Å². The van der Waals surface area contributed by atoms with Gasteiger partial charge in [0.15, 0.2) is 0 Å². The molecule has 5 nitrogen and oxygen atoms in total. The minimum Gasteiger partial charge on any atom is -0.481 e. The molecule has 8 heteroatoms. The molecule has 0 fully saturated rings. The topological polar surface area (TPSA) is 85.4 Å². The average Bonchev–Trinajstić information content (AvgIpc) is 2.19. The van der Waals surface area contributed by atoms with E-state index in [0.29, 0.717) is 5.56 Å². The van der Waals surface area contributed by atoms with Crippen molar-refractivity contribution < 1.29 is 27.8 Å². The molecule has 0 amide bonds. The molecule has 18 heavy (non-hydrogen) atoms. The fourth-order valence-corrected chi connectivity index (χ4v) is 1.38. The van der Waals surface area contributed by atoms with E-state index < -0.39 is 24.6 Å². The van der Waals surface area contributed by atoms with E-state index in [9.17, 15) is 18.0 Å². The highest BCUT2D eigenvalue weighted by Crippen LogP contribution is 2.26. The largest absolute Gasteiger partial charge is 0.574 e. The van der Waals surface area contributed by atoms with Crippen LogP contribution in [0, 0.1) is 6.92 Å². The number of alkyl halides is 3. The molecule has 1 rings (SSSR count). The zero-order valence-electron chi connectivity index (χ0n) is 9.41. The Morgan fingerprint density at radius 3 is 2.61 bits per heavy atom. The lowest BCUT2D eigenvalue weighted by atomic mass is 10.1. The molecule has 0 aliphatic carbocycles. The predicted octanol–water partition coefficient (Wildman–Crippen LogP) is 1.37. The number of nitrogens with zero attached hydrogens (tertiary/aromatic N) is 1. The zero-order chi connectivity index (χ0) is 13.9. The third-order valence-electron chi connectivity index (χ3n) is 2.10. The number of aliphatic carboxylic acids is 1. The number of carboxylic acids is 1. The summed E-state index contributed by atoms with van der Waals surface area (Å²) in [5.74, 6) is -2.04. The number of hydrogen-bond acceptors (Lipinski definition) is 4. The number of carboxylic acid groups (broad SMARTS) is 1. The molecule has 0 atom stereocenters. The minimum absolute atomic E-state index is 0.0621. The molecule has 0 radical (unpaired) electrons. The highest BCUT2D eigenvalue weighted by Gasteiger charge is 2.33. The number of pyridine rings is 1. The number of ether oxygens (including phenoxy) is 1. The smallest absolute Gasteiger partial charge is 0.481 e. The van der Waals surface area contributed by atoms with Crippen LogP contribution in [0.5, 0.6) is 5.88 Å². The van der Waals surface area contributed by atoms with Crippen LogP contribution >= 0.6 is 0 Å². The lowest BCUT2D eigenvalue weighted by Crippen LogP contribution is -2.20. The van der Waals surface area contributed by atoms with Crippen molar-refractivity contribution in [3.8, 4) is 5.88 Å². The van der Waals surface area contributed by atoms with Crippen molar-refractivity contribution in [1.29, 1.82) is 0 Å². The molecule has 0 saturated heterocycles. The van der Waals surface area contributed by atoms with E-state index in [1.54, 1.807) is 6.92 Å². The van der Waals surface area contributed by atoms with Gasteiger partial charge in [0, 0.05) is 12.1 Å². The van der Waals surface area contributed by atoms with E-state index in [4.69, 9.17) is 10.8 Å². The van der Waals surface area contributed by atoms with E-state index >= 15 is 0 Å². The lowest BCUT2D eigenvalue weighted by Gasteiger charge is -2.14. The maximum atomic E-state index is 12.2. The summed E-state index contributed by atoms with van der Waals surface area (Å²) in [6.45, 7) is 1.52. The van der Waals surface area contributed by atoms with Crippen molar-refractivity contribution in [2.24, 2.45) is 5.73 Å². The Bertz CT molecular complexity index is 460. The molecule has 0 saturated carbocycles. The van der Waals surface area contributed by atoms with Crippen LogP contribution in [0.4, 0.5) is 13.2 Å². The average molecular weight is 264 g/mol. The van der Waals surface area contributed by atoms with Crippen LogP contribution < -0.4 is 10.5 Å². The monoisotopic (exact) mass is 264 g/mol. The van der Waals surface area contributed by atoms with Crippen LogP contribution in [0.1, 0.15) is 16.8 Å². The molecule has 1 heterocycles. The van der Waals surface area contributed by atoms with Gasteiger partial charge in [-0.3, -0.25) is 4.79 Å². The van der Waals surface area contributed by atoms with Gasteiger partial charge in [0.1, 0.15) is 0 Å². The molecular formula is C10H11F3N2O3. The Hall–Kier alpha value is -1.83. The van der Waals surface area contributed by atoms with Gasteiger partial charge in [0.25, 0.3) is 0 Å². The number of nitrogens with two attached hydrogens (primary N) is 1. The van der Waals surface area contributed by atoms with E-state index in [1.807, 2.05) is 0 Å². The van der Waals surface area contributed by atoms with Crippen molar-refractivity contribution in [2.75, 3.05) is 0 Å². The zero-order valence-corrected chi connectivity index (χ0v) is 9.41. The van der Waals surface area contributed by atoms with Gasteiger partial charge in [-0.25, -0.2) is 4.98 Å². The molecule has 0 spiro atoms. The summed E-state index contributed by atoms with van der Waals surface area (Å²) >= 11 is 0. The second-order valence-electron chi connectivity index (χ2n) is 3.54. The Morgan fingerprint density at radius 1 is 1.56 bits per heavy atom. The predicted molar refractivity (Wildman–Crippen MR) is 54.9 cm³/mol. The molecular weight excluding hydrogens is 253 g/mol. The first-order valence-electron chi connectivity index (χ1n) is 4.90. The summed E-state index contributed by atoms with van der Waals surface area (Å²) < 4.78 is 40.2. The van der Waals surface area contributed by atoms with E-state index in [1.165, 1.54) is 6.07 Å². The van der Waals surface area contributed by atoms with Crippen molar-refractivity contribution in [2.45, 2.75) is 26.3 Å². The maximum absolute atomic E-state index is 12.2. The van der Waals surface area contributed by atoms with Crippen LogP contribution in [-0.2, 0) is 17.8 Å². The first-order chi connectivity index (χ1) is 8.23. The van der Waals surface area contributed by atoms with E-state index in [0.717, 1.165) is 0 Å². The van der Waals surface area contributed by atoms with Gasteiger partial charge in [0.2, 0.25) is 5.88 Å². The maximum Gasteiger partial charge on any atom is 0.574 e. The van der Waals surface area contributed by atoms with Crippen LogP contribution in [0.2, 0.25) is 0 Å². The minimum atomic E-state index is -4.93. The number of hydrogen-bond donors (Lipinski definition) is 2. The summed E-state index contributed by atoms with van der Waals surface area (Å²) in [6, 6.07) is 1.28. The van der Waals surface area contributed by atoms with Gasteiger partial charge in [-0.15, -0.1) is 13.2 Å². The first kappa shape index (κ1) is 14.2. The van der Waals surface area contributed by atoms with Gasteiger partial charge >= 0.3 is 12.3 Å². The Labute approximate surface area is 100 Å². The summed E-state index contributed by atoms with van der Waals surface area (Å²) in [4.78, 5) is 14.2. The standard InChI is InChI=1S/C10H11F3N2O3/c1-5-2-6(3-8(16)17)9(15-7(5)4-14)18-10(11,12)13/h2H,3-4,14H2,1H3,(H,16,17). The first-order valence-corrected chi connectivity index (χ1v) is 4.90. The summed E-state index contributed by atoms with van der Waals surface area (Å²) in [5.41, 5.74) is 5.92. The van der Waals surface area contributed by atoms with E-state index in [-0.39, 0.29) is 17.8 Å². The highest BCUT2D eigenvalue weighted by atomic mass is 19.4. The van der Waals surface area contributed by atoms with Crippen molar-refractivity contribution in [3.05, 3.63) is 22.9 Å². The third kappa shape index (κ3) is 3.88. The van der Waals surface area contributed by atoms with Gasteiger partial charge in [-0.2, -0.15) is 0 Å². The Kier molecular flexibility index (Phi) is 4.12. The number of aromatic nitrogens is 1. The molecule has 1 aromatic rings. The quantitative estimate of drug-likeness (QED) is 0.857. The second-order valence-corrected chi connectivity index (χ2v) is 3.54. The van der Waals surface area contributed by atoms with Gasteiger partial charge in [0.05, 0.1) is 12.1 Å². The number of rotatable bonds is 4. The molecule has 0 aromatic carbocycles. The number of halogens is 3. The SMILES string of the molecule is Cc1cc(CC(=O)O)c(OC(F)(F)F)nc1CN. The van der Waals surface area contributed by atoms with Crippen LogP contribution in [0.3, 0.4) is 0 Å². The Balaban J connectivity index is 3.21. The third-order valence-corrected chi connectivity index (χ3v) is 2.10. The summed E-state index contributed by atoms with van der Waals surface area (Å²) in [6.07, 6.45) is -5.54. The Morgan fingerprint density at radius 2 is 2.17 bits per heavy atom. The van der Waals surface area contributed by atoms with Gasteiger partial charge in [-0.05, 0) is 18.6 Å². The van der Waals surface area contributed by atoms with Crippen LogP contribution in [-0.4, -0.2) is 22.4 Å². The molecule has 100 valence electrons. The van der Waals surface area contributed by atoms with Gasteiger partial charge < -0.3 is 15.6 Å². The second kappa shape index (κ2) is 5.21. The molecule has 3 N–H and O–H groups in total. The summed E-state index contributed by atoms with van der Waals surface area (Å²) in [7, 11) is 0. The van der Waals surface area contributed by atoms with Crippen molar-refractivity contribution in [3.63, 3.8) is 0 Å². The molecule has 0 unspecified atom stereocenters. The highest BCUT2D eigenvalue weighted by molar-refractivity contribution is 5.71. The van der Waals surface area contributed by atoms with Gasteiger partial charge in [-0.1, -0.05) is 0 Å². The molecule has 1 aromatic heterocycles. The number of carbonyl (C=O) groups is 1. The normalized spacial score (nSPS) is 11.4. The van der Waals surface area contributed by atoms with Crippen molar-refractivity contribution in [1.82, 2.24) is 4.98 Å². The molecule has 0 bridgehead atoms. The summed E-state index contributed by atoms with van der Waals surface area (Å²) in [5, 5.41) is 8.62. The fourth-order valence-electron chi connectivity index (χ4n) is 1.38. The van der Waals surface area contributed by atoms with Crippen LogP contribution in [0.25, 0.3) is 0 Å². The molecule has 0 aliphatic rings. The van der Waals surface area contributed by atoms with Crippen molar-refractivity contribution >= 4 is 5.97 Å². The number of aryl methyl sites for hydroxylation is 1. The fraction of sp³-hybridized carbons (Fsp3) is 0.400. The lowest BCUT2D eigenvalue weighted by molar-refractivity contribution is -0.276. The molecule has 0 aliphatic heterocycles.